The van der Waals surface area contributed by atoms with Crippen molar-refractivity contribution in [3.8, 4) is 0 Å². The maximum Gasteiger partial charge on any atom is 0.249 e. The lowest BCUT2D eigenvalue weighted by molar-refractivity contribution is -0.112. The number of primary amides is 1. The van der Waals surface area contributed by atoms with Crippen molar-refractivity contribution in [2.45, 2.75) is 117 Å². The molecule has 2 N–H and O–H groups in total. The van der Waals surface area contributed by atoms with Gasteiger partial charge < -0.3 is 10.2 Å². The van der Waals surface area contributed by atoms with Crippen LogP contribution in [0.15, 0.2) is 40.8 Å². The first-order valence-corrected chi connectivity index (χ1v) is 13.8. The minimum atomic E-state index is -0.414. The van der Waals surface area contributed by atoms with Gasteiger partial charge in [0.2, 0.25) is 5.91 Å². The largest absolute Gasteiger partial charge is 0.462 e. The first-order chi connectivity index (χ1) is 16.7. The van der Waals surface area contributed by atoms with Crippen LogP contribution in [0.25, 0.3) is 11.6 Å². The quantitative estimate of drug-likeness (QED) is 0.166. The van der Waals surface area contributed by atoms with Gasteiger partial charge in [-0.1, -0.05) is 122 Å². The molecule has 3 heteroatoms. The highest BCUT2D eigenvalue weighted by atomic mass is 16.3. The van der Waals surface area contributed by atoms with Gasteiger partial charge in [-0.2, -0.15) is 0 Å². The van der Waals surface area contributed by atoms with E-state index in [1.165, 1.54) is 89.0 Å². The molecule has 34 heavy (non-hydrogen) atoms. The Kier molecular flexibility index (Phi) is 14.1. The van der Waals surface area contributed by atoms with E-state index in [0.29, 0.717) is 11.3 Å². The van der Waals surface area contributed by atoms with Gasteiger partial charge in [-0.15, -0.1) is 0 Å². The lowest BCUT2D eigenvalue weighted by Crippen LogP contribution is -2.14. The molecule has 0 aliphatic rings. The molecule has 0 aliphatic heterocycles. The molecule has 0 atom stereocenters. The number of hydrogen-bond donors (Lipinski definition) is 1. The van der Waals surface area contributed by atoms with Crippen LogP contribution in [0.2, 0.25) is 0 Å². The zero-order valence-corrected chi connectivity index (χ0v) is 21.7. The fraction of sp³-hybridized carbons (Fsp3) is 0.581. The molecule has 0 fully saturated rings. The number of benzene rings is 1. The second-order valence-corrected chi connectivity index (χ2v) is 9.58. The van der Waals surface area contributed by atoms with Gasteiger partial charge in [-0.25, -0.2) is 0 Å². The third-order valence-corrected chi connectivity index (χ3v) is 6.69. The Balaban J connectivity index is 1.69. The zero-order valence-electron chi connectivity index (χ0n) is 21.7. The van der Waals surface area contributed by atoms with Gasteiger partial charge in [0.25, 0.3) is 0 Å². The number of unbranched alkanes of at least 4 members (excludes halogenated alkanes) is 13. The number of carbonyl (C=O) groups is 1. The van der Waals surface area contributed by atoms with Crippen molar-refractivity contribution in [1.82, 2.24) is 0 Å². The van der Waals surface area contributed by atoms with E-state index >= 15 is 0 Å². The first-order valence-electron chi connectivity index (χ1n) is 13.8. The molecule has 2 aromatic rings. The highest BCUT2D eigenvalue weighted by molar-refractivity contribution is 6.23. The van der Waals surface area contributed by atoms with Crippen molar-refractivity contribution in [2.75, 3.05) is 0 Å². The number of amides is 1. The molecule has 3 nitrogen and oxygen atoms in total. The second kappa shape index (κ2) is 17.2. The Hall–Kier alpha value is -2.29. The monoisotopic (exact) mass is 465 g/mol. The fourth-order valence-corrected chi connectivity index (χ4v) is 4.60. The van der Waals surface area contributed by atoms with Crippen LogP contribution in [0.5, 0.6) is 0 Å². The molecule has 0 aliphatic carbocycles. The van der Waals surface area contributed by atoms with Crippen LogP contribution in [0, 0.1) is 0 Å². The van der Waals surface area contributed by atoms with Crippen molar-refractivity contribution in [3.63, 3.8) is 0 Å². The number of nitrogens with two attached hydrogens (primary N) is 1. The third-order valence-electron chi connectivity index (χ3n) is 6.69. The molecule has 0 spiro atoms. The smallest absolute Gasteiger partial charge is 0.249 e. The molecule has 1 aromatic carbocycles. The summed E-state index contributed by atoms with van der Waals surface area (Å²) in [6.45, 7) is 4.33. The van der Waals surface area contributed by atoms with Crippen LogP contribution < -0.4 is 5.73 Å². The van der Waals surface area contributed by atoms with E-state index in [-0.39, 0.29) is 0 Å². The molecule has 1 aromatic heterocycles. The van der Waals surface area contributed by atoms with E-state index in [2.05, 4.69) is 13.0 Å². The topological polar surface area (TPSA) is 56.2 Å². The molecule has 0 saturated carbocycles. The molecular weight excluding hydrogens is 418 g/mol. The average molecular weight is 466 g/mol. The van der Waals surface area contributed by atoms with Crippen LogP contribution in [-0.4, -0.2) is 5.91 Å². The van der Waals surface area contributed by atoms with Crippen LogP contribution in [0.4, 0.5) is 0 Å². The van der Waals surface area contributed by atoms with Crippen LogP contribution in [0.1, 0.15) is 126 Å². The summed E-state index contributed by atoms with van der Waals surface area (Å²) in [7, 11) is 0. The van der Waals surface area contributed by atoms with Gasteiger partial charge in [0.05, 0.1) is 5.57 Å². The molecule has 0 unspecified atom stereocenters. The lowest BCUT2D eigenvalue weighted by atomic mass is 9.94. The first kappa shape index (κ1) is 28.0. The summed E-state index contributed by atoms with van der Waals surface area (Å²) in [6, 6.07) is 12.0. The van der Waals surface area contributed by atoms with Crippen LogP contribution in [-0.2, 0) is 17.6 Å². The zero-order chi connectivity index (χ0) is 24.4. The number of carbonyl (C=O) groups excluding carboxylic acids is 1. The molecule has 188 valence electrons. The number of hydrogen-bond acceptors (Lipinski definition) is 2. The molecule has 0 saturated heterocycles. The normalized spacial score (nSPS) is 11.8. The van der Waals surface area contributed by atoms with E-state index < -0.39 is 5.91 Å². The molecule has 1 amide bonds. The Morgan fingerprint density at radius 1 is 0.765 bits per heavy atom. The Labute approximate surface area is 208 Å². The summed E-state index contributed by atoms with van der Waals surface area (Å²) in [4.78, 5) is 12.2. The molecular formula is C31H47NO2. The Morgan fingerprint density at radius 2 is 1.32 bits per heavy atom. The summed E-state index contributed by atoms with van der Waals surface area (Å²) in [5.41, 5.74) is 8.40. The second-order valence-electron chi connectivity index (χ2n) is 9.58. The third kappa shape index (κ3) is 10.8. The predicted octanol–water partition coefficient (Wildman–Crippen LogP) is 8.89. The fourth-order valence-electron chi connectivity index (χ4n) is 4.60. The van der Waals surface area contributed by atoms with Gasteiger partial charge in [0.15, 0.2) is 0 Å². The lowest BCUT2D eigenvalue weighted by Gasteiger charge is -2.11. The summed E-state index contributed by atoms with van der Waals surface area (Å²) in [5, 5.41) is 0. The van der Waals surface area contributed by atoms with E-state index in [1.807, 2.05) is 37.3 Å². The highest BCUT2D eigenvalue weighted by Crippen LogP contribution is 2.25. The minimum Gasteiger partial charge on any atom is -0.462 e. The summed E-state index contributed by atoms with van der Waals surface area (Å²) in [6.07, 6.45) is 22.6. The number of aryl methyl sites for hydroxylation is 2. The van der Waals surface area contributed by atoms with Crippen molar-refractivity contribution < 1.29 is 9.21 Å². The molecule has 1 heterocycles. The summed E-state index contributed by atoms with van der Waals surface area (Å²) >= 11 is 0. The molecule has 2 rings (SSSR count). The van der Waals surface area contributed by atoms with E-state index in [1.54, 1.807) is 6.08 Å². The van der Waals surface area contributed by atoms with Gasteiger partial charge in [0.1, 0.15) is 11.5 Å². The van der Waals surface area contributed by atoms with E-state index in [0.717, 1.165) is 30.6 Å². The SMILES string of the molecule is CCCCCCCCCCCCCCCCc1ccccc1/C(=C\c1ccc(CC)o1)C(N)=O. The maximum absolute atomic E-state index is 12.2. The minimum absolute atomic E-state index is 0.414. The Bertz CT molecular complexity index is 849. The molecule has 0 bridgehead atoms. The molecule has 0 radical (unpaired) electrons. The Morgan fingerprint density at radius 3 is 1.85 bits per heavy atom. The average Bonchev–Trinajstić information content (AvgIpc) is 3.31. The van der Waals surface area contributed by atoms with E-state index in [9.17, 15) is 4.79 Å². The number of rotatable bonds is 19. The van der Waals surface area contributed by atoms with Crippen molar-refractivity contribution in [1.29, 1.82) is 0 Å². The maximum atomic E-state index is 12.2. The standard InChI is InChI=1S/C31H47NO2/c1-3-5-6-7-8-9-10-11-12-13-14-15-16-17-20-26-21-18-19-22-29(26)30(31(32)33)25-28-24-23-27(4-2)34-28/h18-19,21-25H,3-17,20H2,1-2H3,(H2,32,33)/b30-25+. The van der Waals surface area contributed by atoms with Crippen LogP contribution >= 0.6 is 0 Å². The van der Waals surface area contributed by atoms with Gasteiger partial charge in [-0.05, 0) is 42.2 Å². The van der Waals surface area contributed by atoms with Gasteiger partial charge in [0, 0.05) is 6.42 Å². The van der Waals surface area contributed by atoms with Gasteiger partial charge >= 0.3 is 0 Å². The van der Waals surface area contributed by atoms with Crippen molar-refractivity contribution >= 4 is 17.6 Å². The van der Waals surface area contributed by atoms with E-state index in [4.69, 9.17) is 10.2 Å². The van der Waals surface area contributed by atoms with Gasteiger partial charge in [-0.3, -0.25) is 4.79 Å². The predicted molar refractivity (Wildman–Crippen MR) is 146 cm³/mol. The summed E-state index contributed by atoms with van der Waals surface area (Å²) < 4.78 is 5.78. The van der Waals surface area contributed by atoms with Crippen LogP contribution in [0.3, 0.4) is 0 Å². The van der Waals surface area contributed by atoms with Crippen molar-refractivity contribution in [2.24, 2.45) is 5.73 Å². The van der Waals surface area contributed by atoms with Crippen molar-refractivity contribution in [3.05, 3.63) is 59.0 Å². The summed E-state index contributed by atoms with van der Waals surface area (Å²) in [5.74, 6) is 1.17. The highest BCUT2D eigenvalue weighted by Gasteiger charge is 2.14. The number of furan rings is 1.